The second-order valence-corrected chi connectivity index (χ2v) is 5.18. The van der Waals surface area contributed by atoms with E-state index in [1.165, 1.54) is 5.56 Å². The molecule has 0 atom stereocenters. The molecule has 1 heterocycles. The Morgan fingerprint density at radius 3 is 2.25 bits per heavy atom. The number of nitrogens with zero attached hydrogens (tertiary/aromatic N) is 2. The van der Waals surface area contributed by atoms with Gasteiger partial charge in [-0.05, 0) is 25.8 Å². The third-order valence-corrected chi connectivity index (χ3v) is 2.59. The summed E-state index contributed by atoms with van der Waals surface area (Å²) in [5.41, 5.74) is 3.52. The topological polar surface area (TPSA) is 35.0 Å². The molecule has 0 amide bonds. The van der Waals surface area contributed by atoms with Crippen LogP contribution in [0.25, 0.3) is 0 Å². The van der Waals surface area contributed by atoms with Gasteiger partial charge in [-0.25, -0.2) is 9.97 Å². The lowest BCUT2D eigenvalue weighted by Crippen LogP contribution is -2.20. The van der Waals surface area contributed by atoms with Crippen LogP contribution in [0.3, 0.4) is 0 Å². The van der Waals surface area contributed by atoms with Crippen molar-refractivity contribution in [3.05, 3.63) is 22.8 Å². The van der Waals surface area contributed by atoms with Gasteiger partial charge in [0, 0.05) is 18.2 Å². The molecule has 0 saturated carbocycles. The number of hydrogen-bond donors (Lipinski definition) is 0. The van der Waals surface area contributed by atoms with Gasteiger partial charge in [0.05, 0.1) is 12.3 Å². The van der Waals surface area contributed by atoms with E-state index >= 15 is 0 Å². The van der Waals surface area contributed by atoms with Crippen molar-refractivity contribution in [3.8, 4) is 0 Å². The van der Waals surface area contributed by atoms with Crippen molar-refractivity contribution in [1.29, 1.82) is 0 Å². The van der Waals surface area contributed by atoms with Crippen LogP contribution in [-0.4, -0.2) is 23.7 Å². The van der Waals surface area contributed by atoms with Gasteiger partial charge >= 0.3 is 0 Å². The predicted octanol–water partition coefficient (Wildman–Crippen LogP) is 2.58. The van der Waals surface area contributed by atoms with Gasteiger partial charge in [0.1, 0.15) is 5.82 Å². The van der Waals surface area contributed by atoms with E-state index in [9.17, 15) is 0 Å². The Morgan fingerprint density at radius 1 is 1.12 bits per heavy atom. The van der Waals surface area contributed by atoms with E-state index in [1.54, 1.807) is 7.11 Å². The lowest BCUT2D eigenvalue weighted by Gasteiger charge is -2.23. The number of methoxy groups -OCH3 is 1. The first-order valence-corrected chi connectivity index (χ1v) is 5.69. The minimum atomic E-state index is 0.0571. The first-order chi connectivity index (χ1) is 7.36. The predicted molar refractivity (Wildman–Crippen MR) is 65.8 cm³/mol. The zero-order chi connectivity index (χ0) is 12.3. The summed E-state index contributed by atoms with van der Waals surface area (Å²) in [5, 5.41) is 0. The molecule has 0 N–H and O–H groups in total. The zero-order valence-corrected chi connectivity index (χ0v) is 11.2. The highest BCUT2D eigenvalue weighted by Gasteiger charge is 2.21. The zero-order valence-electron chi connectivity index (χ0n) is 11.2. The van der Waals surface area contributed by atoms with Gasteiger partial charge in [0.25, 0.3) is 0 Å². The fourth-order valence-electron chi connectivity index (χ4n) is 1.86. The molecule has 3 heteroatoms. The molecule has 0 aliphatic heterocycles. The first kappa shape index (κ1) is 13.1. The summed E-state index contributed by atoms with van der Waals surface area (Å²) in [6.07, 6.45) is 0.884. The van der Waals surface area contributed by atoms with E-state index in [0.717, 1.165) is 30.2 Å². The lowest BCUT2D eigenvalue weighted by molar-refractivity contribution is 0.201. The highest BCUT2D eigenvalue weighted by molar-refractivity contribution is 5.30. The molecule has 0 bridgehead atoms. The van der Waals surface area contributed by atoms with Crippen molar-refractivity contribution in [3.63, 3.8) is 0 Å². The van der Waals surface area contributed by atoms with Gasteiger partial charge in [0.2, 0.25) is 0 Å². The van der Waals surface area contributed by atoms with Crippen molar-refractivity contribution in [2.45, 2.75) is 46.5 Å². The van der Waals surface area contributed by atoms with Crippen LogP contribution in [-0.2, 0) is 16.6 Å². The number of hydrogen-bond acceptors (Lipinski definition) is 3. The maximum Gasteiger partial charge on any atom is 0.125 e. The minimum Gasteiger partial charge on any atom is -0.384 e. The van der Waals surface area contributed by atoms with Crippen LogP contribution in [0.2, 0.25) is 0 Å². The van der Waals surface area contributed by atoms with E-state index in [-0.39, 0.29) is 5.41 Å². The first-order valence-electron chi connectivity index (χ1n) is 5.69. The molecular formula is C13H22N2O. The summed E-state index contributed by atoms with van der Waals surface area (Å²) in [4.78, 5) is 9.03. The molecule has 0 unspecified atom stereocenters. The number of aryl methyl sites for hydroxylation is 2. The summed E-state index contributed by atoms with van der Waals surface area (Å²) in [5.74, 6) is 0.851. The average molecular weight is 222 g/mol. The second-order valence-electron chi connectivity index (χ2n) is 5.18. The van der Waals surface area contributed by atoms with Crippen LogP contribution in [0.1, 0.15) is 43.5 Å². The van der Waals surface area contributed by atoms with Gasteiger partial charge in [-0.15, -0.1) is 0 Å². The standard InChI is InChI=1S/C13H22N2O/c1-9-11(7-8-16-6)12(13(3,4)5)15-10(2)14-9/h7-8H2,1-6H3. The van der Waals surface area contributed by atoms with Crippen LogP contribution < -0.4 is 0 Å². The van der Waals surface area contributed by atoms with Crippen LogP contribution in [0.5, 0.6) is 0 Å². The fourth-order valence-corrected chi connectivity index (χ4v) is 1.86. The van der Waals surface area contributed by atoms with E-state index in [0.29, 0.717) is 0 Å². The number of aromatic nitrogens is 2. The van der Waals surface area contributed by atoms with Crippen LogP contribution in [0.15, 0.2) is 0 Å². The van der Waals surface area contributed by atoms with Crippen molar-refractivity contribution < 1.29 is 4.74 Å². The van der Waals surface area contributed by atoms with Crippen molar-refractivity contribution in [2.75, 3.05) is 13.7 Å². The quantitative estimate of drug-likeness (QED) is 0.788. The molecule has 1 rings (SSSR count). The van der Waals surface area contributed by atoms with Crippen molar-refractivity contribution in [2.24, 2.45) is 0 Å². The van der Waals surface area contributed by atoms with Gasteiger partial charge in [-0.3, -0.25) is 0 Å². The van der Waals surface area contributed by atoms with Crippen molar-refractivity contribution >= 4 is 0 Å². The number of rotatable bonds is 3. The summed E-state index contributed by atoms with van der Waals surface area (Å²) in [7, 11) is 1.72. The molecule has 90 valence electrons. The van der Waals surface area contributed by atoms with Gasteiger partial charge in [0.15, 0.2) is 0 Å². The Bertz CT molecular complexity index is 367. The Morgan fingerprint density at radius 2 is 1.75 bits per heavy atom. The normalized spacial score (nSPS) is 11.9. The van der Waals surface area contributed by atoms with E-state index in [2.05, 4.69) is 37.7 Å². The Kier molecular flexibility index (Phi) is 4.03. The Hall–Kier alpha value is -0.960. The molecule has 0 fully saturated rings. The summed E-state index contributed by atoms with van der Waals surface area (Å²) < 4.78 is 5.14. The molecule has 0 saturated heterocycles. The van der Waals surface area contributed by atoms with E-state index < -0.39 is 0 Å². The third kappa shape index (κ3) is 3.01. The van der Waals surface area contributed by atoms with Crippen molar-refractivity contribution in [1.82, 2.24) is 9.97 Å². The fraction of sp³-hybridized carbons (Fsp3) is 0.692. The van der Waals surface area contributed by atoms with Gasteiger partial charge < -0.3 is 4.74 Å². The maximum absolute atomic E-state index is 5.14. The monoisotopic (exact) mass is 222 g/mol. The number of ether oxygens (including phenoxy) is 1. The molecule has 0 spiro atoms. The SMILES string of the molecule is COCCc1c(C)nc(C)nc1C(C)(C)C. The molecular weight excluding hydrogens is 200 g/mol. The smallest absolute Gasteiger partial charge is 0.125 e. The highest BCUT2D eigenvalue weighted by Crippen LogP contribution is 2.25. The third-order valence-electron chi connectivity index (χ3n) is 2.59. The second kappa shape index (κ2) is 4.91. The van der Waals surface area contributed by atoms with E-state index in [1.807, 2.05) is 6.92 Å². The molecule has 1 aromatic rings. The molecule has 0 aliphatic carbocycles. The highest BCUT2D eigenvalue weighted by atomic mass is 16.5. The van der Waals surface area contributed by atoms with Gasteiger partial charge in [-0.2, -0.15) is 0 Å². The van der Waals surface area contributed by atoms with Gasteiger partial charge in [-0.1, -0.05) is 20.8 Å². The molecule has 0 aromatic carbocycles. The molecule has 16 heavy (non-hydrogen) atoms. The Labute approximate surface area is 98.3 Å². The lowest BCUT2D eigenvalue weighted by atomic mass is 9.87. The maximum atomic E-state index is 5.14. The van der Waals surface area contributed by atoms with Crippen LogP contribution in [0.4, 0.5) is 0 Å². The minimum absolute atomic E-state index is 0.0571. The Balaban J connectivity index is 3.21. The average Bonchev–Trinajstić information content (AvgIpc) is 2.14. The molecule has 0 radical (unpaired) electrons. The van der Waals surface area contributed by atoms with Crippen LogP contribution in [0, 0.1) is 13.8 Å². The molecule has 0 aliphatic rings. The van der Waals surface area contributed by atoms with E-state index in [4.69, 9.17) is 4.74 Å². The molecule has 1 aromatic heterocycles. The van der Waals surface area contributed by atoms with Crippen LogP contribution >= 0.6 is 0 Å². The summed E-state index contributed by atoms with van der Waals surface area (Å²) in [6.45, 7) is 11.3. The molecule has 3 nitrogen and oxygen atoms in total. The largest absolute Gasteiger partial charge is 0.384 e. The summed E-state index contributed by atoms with van der Waals surface area (Å²) in [6, 6.07) is 0. The summed E-state index contributed by atoms with van der Waals surface area (Å²) >= 11 is 0.